The Bertz CT molecular complexity index is 860. The second-order valence-electron chi connectivity index (χ2n) is 8.27. The van der Waals surface area contributed by atoms with Gasteiger partial charge in [-0.1, -0.05) is 68.4 Å². The van der Waals surface area contributed by atoms with Crippen molar-refractivity contribution in [3.8, 4) is 0 Å². The summed E-state index contributed by atoms with van der Waals surface area (Å²) in [4.78, 5) is 29.4. The third-order valence-electron chi connectivity index (χ3n) is 5.85. The van der Waals surface area contributed by atoms with Crippen LogP contribution in [-0.2, 0) is 21.4 Å². The fourth-order valence-corrected chi connectivity index (χ4v) is 4.42. The summed E-state index contributed by atoms with van der Waals surface area (Å²) in [5.74, 6) is 0.121. The molecule has 2 aromatic rings. The zero-order valence-electron chi connectivity index (χ0n) is 16.0. The first-order valence-corrected chi connectivity index (χ1v) is 9.66. The molecular formula is C23H26N2O2. The van der Waals surface area contributed by atoms with Gasteiger partial charge in [0, 0.05) is 24.9 Å². The van der Waals surface area contributed by atoms with Gasteiger partial charge in [-0.15, -0.1) is 0 Å². The Morgan fingerprint density at radius 3 is 2.56 bits per heavy atom. The lowest BCUT2D eigenvalue weighted by Gasteiger charge is -2.49. The topological polar surface area (TPSA) is 40.6 Å². The Morgan fingerprint density at radius 1 is 1.07 bits per heavy atom. The van der Waals surface area contributed by atoms with E-state index >= 15 is 0 Å². The standard InChI is InChI=1S/C23H26N2O2/c1-23(2)16-25-20(18-10-6-7-11-19(18)23)14-24(15-22(25)27)21(26)13-12-17-8-4-3-5-9-17/h3-11,20H,12-16H2,1-2H3. The summed E-state index contributed by atoms with van der Waals surface area (Å²) in [5, 5.41) is 0. The van der Waals surface area contributed by atoms with Crippen molar-refractivity contribution in [3.05, 3.63) is 71.3 Å². The maximum Gasteiger partial charge on any atom is 0.242 e. The van der Waals surface area contributed by atoms with Crippen molar-refractivity contribution < 1.29 is 9.59 Å². The van der Waals surface area contributed by atoms with Crippen molar-refractivity contribution >= 4 is 11.8 Å². The number of nitrogens with zero attached hydrogens (tertiary/aromatic N) is 2. The van der Waals surface area contributed by atoms with Crippen molar-refractivity contribution in [1.29, 1.82) is 0 Å². The molecule has 0 aliphatic carbocycles. The number of amides is 2. The number of fused-ring (bicyclic) bond motifs is 3. The molecular weight excluding hydrogens is 336 g/mol. The van der Waals surface area contributed by atoms with E-state index in [2.05, 4.69) is 32.0 Å². The van der Waals surface area contributed by atoms with Gasteiger partial charge in [0.05, 0.1) is 12.6 Å². The zero-order chi connectivity index (χ0) is 19.0. The summed E-state index contributed by atoms with van der Waals surface area (Å²) < 4.78 is 0. The normalized spacial score (nSPS) is 20.8. The average molecular weight is 362 g/mol. The fraction of sp³-hybridized carbons (Fsp3) is 0.391. The molecule has 2 heterocycles. The number of aryl methyl sites for hydroxylation is 1. The molecule has 1 fully saturated rings. The lowest BCUT2D eigenvalue weighted by molar-refractivity contribution is -0.150. The van der Waals surface area contributed by atoms with Crippen LogP contribution in [0.25, 0.3) is 0 Å². The minimum Gasteiger partial charge on any atom is -0.331 e. The third kappa shape index (κ3) is 3.36. The fourth-order valence-electron chi connectivity index (χ4n) is 4.42. The van der Waals surface area contributed by atoms with Gasteiger partial charge in [-0.05, 0) is 23.1 Å². The molecule has 0 saturated carbocycles. The van der Waals surface area contributed by atoms with Crippen molar-refractivity contribution in [2.45, 2.75) is 38.1 Å². The molecule has 4 rings (SSSR count). The van der Waals surface area contributed by atoms with E-state index < -0.39 is 0 Å². The van der Waals surface area contributed by atoms with Gasteiger partial charge in [0.25, 0.3) is 0 Å². The molecule has 2 aromatic carbocycles. The lowest BCUT2D eigenvalue weighted by Crippen LogP contribution is -2.58. The van der Waals surface area contributed by atoms with Crippen LogP contribution in [0.4, 0.5) is 0 Å². The van der Waals surface area contributed by atoms with E-state index in [1.54, 1.807) is 4.90 Å². The van der Waals surface area contributed by atoms with Crippen LogP contribution in [0.1, 0.15) is 43.0 Å². The molecule has 0 aromatic heterocycles. The molecule has 0 bridgehead atoms. The van der Waals surface area contributed by atoms with E-state index in [1.165, 1.54) is 11.1 Å². The molecule has 0 spiro atoms. The first-order chi connectivity index (χ1) is 13.0. The summed E-state index contributed by atoms with van der Waals surface area (Å²) in [5.41, 5.74) is 3.56. The molecule has 2 aliphatic rings. The average Bonchev–Trinajstić information content (AvgIpc) is 2.67. The number of benzene rings is 2. The largest absolute Gasteiger partial charge is 0.331 e. The lowest BCUT2D eigenvalue weighted by atomic mass is 9.75. The number of piperazine rings is 1. The Labute approximate surface area is 160 Å². The van der Waals surface area contributed by atoms with Gasteiger partial charge in [-0.2, -0.15) is 0 Å². The SMILES string of the molecule is CC1(C)CN2C(=O)CN(C(=O)CCc3ccccc3)CC2c2ccccc21. The molecule has 1 saturated heterocycles. The minimum absolute atomic E-state index is 0.0313. The first kappa shape index (κ1) is 17.8. The molecule has 4 nitrogen and oxygen atoms in total. The van der Waals surface area contributed by atoms with Gasteiger partial charge < -0.3 is 9.80 Å². The van der Waals surface area contributed by atoms with Crippen LogP contribution in [0.15, 0.2) is 54.6 Å². The van der Waals surface area contributed by atoms with Gasteiger partial charge in [-0.3, -0.25) is 9.59 Å². The van der Waals surface area contributed by atoms with Crippen LogP contribution in [0.5, 0.6) is 0 Å². The van der Waals surface area contributed by atoms with E-state index in [0.717, 1.165) is 5.56 Å². The maximum atomic E-state index is 12.8. The van der Waals surface area contributed by atoms with Crippen LogP contribution in [-0.4, -0.2) is 41.2 Å². The number of hydrogen-bond acceptors (Lipinski definition) is 2. The second kappa shape index (κ2) is 6.84. The van der Waals surface area contributed by atoms with E-state index in [9.17, 15) is 9.59 Å². The molecule has 4 heteroatoms. The van der Waals surface area contributed by atoms with Gasteiger partial charge in [0.1, 0.15) is 0 Å². The van der Waals surface area contributed by atoms with Crippen molar-refractivity contribution in [2.75, 3.05) is 19.6 Å². The van der Waals surface area contributed by atoms with Gasteiger partial charge in [0.15, 0.2) is 0 Å². The monoisotopic (exact) mass is 362 g/mol. The smallest absolute Gasteiger partial charge is 0.242 e. The Morgan fingerprint density at radius 2 is 1.78 bits per heavy atom. The summed E-state index contributed by atoms with van der Waals surface area (Å²) in [6, 6.07) is 18.4. The number of carbonyl (C=O) groups excluding carboxylic acids is 2. The van der Waals surface area contributed by atoms with Crippen LogP contribution in [0.3, 0.4) is 0 Å². The van der Waals surface area contributed by atoms with Crippen LogP contribution in [0.2, 0.25) is 0 Å². The van der Waals surface area contributed by atoms with Crippen LogP contribution < -0.4 is 0 Å². The highest BCUT2D eigenvalue weighted by Crippen LogP contribution is 2.41. The highest BCUT2D eigenvalue weighted by molar-refractivity contribution is 5.87. The van der Waals surface area contributed by atoms with Gasteiger partial charge >= 0.3 is 0 Å². The van der Waals surface area contributed by atoms with Crippen LogP contribution in [0, 0.1) is 0 Å². The molecule has 1 unspecified atom stereocenters. The molecule has 140 valence electrons. The molecule has 0 radical (unpaired) electrons. The van der Waals surface area contributed by atoms with Crippen molar-refractivity contribution in [3.63, 3.8) is 0 Å². The summed E-state index contributed by atoms with van der Waals surface area (Å²) in [7, 11) is 0. The minimum atomic E-state index is -0.0672. The molecule has 0 N–H and O–H groups in total. The quantitative estimate of drug-likeness (QED) is 0.840. The summed E-state index contributed by atoms with van der Waals surface area (Å²) in [6.45, 7) is 5.87. The molecule has 1 atom stereocenters. The summed E-state index contributed by atoms with van der Waals surface area (Å²) >= 11 is 0. The zero-order valence-corrected chi connectivity index (χ0v) is 16.0. The van der Waals surface area contributed by atoms with Gasteiger partial charge in [0.2, 0.25) is 11.8 Å². The highest BCUT2D eigenvalue weighted by Gasteiger charge is 2.43. The van der Waals surface area contributed by atoms with E-state index in [0.29, 0.717) is 25.9 Å². The maximum absolute atomic E-state index is 12.8. The van der Waals surface area contributed by atoms with Crippen molar-refractivity contribution in [1.82, 2.24) is 9.80 Å². The molecule has 2 amide bonds. The number of rotatable bonds is 3. The molecule has 2 aliphatic heterocycles. The van der Waals surface area contributed by atoms with Crippen LogP contribution >= 0.6 is 0 Å². The van der Waals surface area contributed by atoms with E-state index in [1.807, 2.05) is 41.3 Å². The Kier molecular flexibility index (Phi) is 4.50. The third-order valence-corrected chi connectivity index (χ3v) is 5.85. The number of hydrogen-bond donors (Lipinski definition) is 0. The Hall–Kier alpha value is -2.62. The predicted molar refractivity (Wildman–Crippen MR) is 105 cm³/mol. The molecule has 27 heavy (non-hydrogen) atoms. The number of carbonyl (C=O) groups is 2. The predicted octanol–water partition coefficient (Wildman–Crippen LogP) is 3.32. The Balaban J connectivity index is 1.53. The first-order valence-electron chi connectivity index (χ1n) is 9.66. The van der Waals surface area contributed by atoms with E-state index in [4.69, 9.17) is 0 Å². The van der Waals surface area contributed by atoms with E-state index in [-0.39, 0.29) is 29.8 Å². The highest BCUT2D eigenvalue weighted by atomic mass is 16.2. The van der Waals surface area contributed by atoms with Crippen molar-refractivity contribution in [2.24, 2.45) is 0 Å². The van der Waals surface area contributed by atoms with Gasteiger partial charge in [-0.25, -0.2) is 0 Å². The second-order valence-corrected chi connectivity index (χ2v) is 8.27. The summed E-state index contributed by atoms with van der Waals surface area (Å²) in [6.07, 6.45) is 1.15.